The first-order chi connectivity index (χ1) is 8.68. The summed E-state index contributed by atoms with van der Waals surface area (Å²) in [4.78, 5) is 4.68. The van der Waals surface area contributed by atoms with Gasteiger partial charge in [-0.05, 0) is 0 Å². The van der Waals surface area contributed by atoms with Crippen LogP contribution in [0.3, 0.4) is 0 Å². The lowest BCUT2D eigenvalue weighted by atomic mass is 10.4. The maximum Gasteiger partial charge on any atom is 0.427 e. The normalized spacial score (nSPS) is 18.8. The molecule has 10 heteroatoms. The standard InChI is InChI=1S/C9H12F3N3O2S2/c1-19(16,17)15-4-2-14(3-5-15)8-13-6-7(18-8)9(10,11)12/h6H,2-5H2,1H3. The van der Waals surface area contributed by atoms with E-state index in [4.69, 9.17) is 0 Å². The van der Waals surface area contributed by atoms with Crippen molar-refractivity contribution in [2.75, 3.05) is 37.3 Å². The molecule has 0 N–H and O–H groups in total. The van der Waals surface area contributed by atoms with E-state index in [1.807, 2.05) is 0 Å². The van der Waals surface area contributed by atoms with Gasteiger partial charge in [0.1, 0.15) is 4.88 Å². The van der Waals surface area contributed by atoms with E-state index in [0.29, 0.717) is 24.4 Å². The van der Waals surface area contributed by atoms with Crippen molar-refractivity contribution in [2.24, 2.45) is 0 Å². The van der Waals surface area contributed by atoms with Crippen LogP contribution in [0.2, 0.25) is 0 Å². The fraction of sp³-hybridized carbons (Fsp3) is 0.667. The zero-order valence-electron chi connectivity index (χ0n) is 10.0. The summed E-state index contributed by atoms with van der Waals surface area (Å²) in [5.41, 5.74) is 0. The average molecular weight is 315 g/mol. The first kappa shape index (κ1) is 14.5. The van der Waals surface area contributed by atoms with Gasteiger partial charge in [-0.25, -0.2) is 13.4 Å². The molecule has 0 atom stereocenters. The number of thiazole rings is 1. The van der Waals surface area contributed by atoms with Gasteiger partial charge in [0, 0.05) is 26.2 Å². The van der Waals surface area contributed by atoms with E-state index >= 15 is 0 Å². The Bertz CT molecular complexity index is 547. The Labute approximate surface area is 112 Å². The second-order valence-corrected chi connectivity index (χ2v) is 7.15. The Morgan fingerprint density at radius 1 is 1.26 bits per heavy atom. The lowest BCUT2D eigenvalue weighted by Crippen LogP contribution is -2.48. The summed E-state index contributed by atoms with van der Waals surface area (Å²) >= 11 is 0.577. The second kappa shape index (κ2) is 4.91. The van der Waals surface area contributed by atoms with Crippen molar-refractivity contribution < 1.29 is 21.6 Å². The number of nitrogens with zero attached hydrogens (tertiary/aromatic N) is 3. The Balaban J connectivity index is 2.04. The molecule has 1 fully saturated rings. The van der Waals surface area contributed by atoms with Gasteiger partial charge in [-0.15, -0.1) is 0 Å². The van der Waals surface area contributed by atoms with Crippen LogP contribution in [-0.2, 0) is 16.2 Å². The van der Waals surface area contributed by atoms with Crippen LogP contribution in [0.1, 0.15) is 4.88 Å². The van der Waals surface area contributed by atoms with Gasteiger partial charge in [0.05, 0.1) is 12.5 Å². The summed E-state index contributed by atoms with van der Waals surface area (Å²) in [7, 11) is -3.24. The summed E-state index contributed by atoms with van der Waals surface area (Å²) in [5, 5.41) is 0.278. The van der Waals surface area contributed by atoms with Gasteiger partial charge in [0.25, 0.3) is 0 Å². The van der Waals surface area contributed by atoms with Crippen molar-refractivity contribution in [3.63, 3.8) is 0 Å². The molecule has 1 saturated heterocycles. The van der Waals surface area contributed by atoms with E-state index in [9.17, 15) is 21.6 Å². The molecular formula is C9H12F3N3O2S2. The number of anilines is 1. The predicted octanol–water partition coefficient (Wildman–Crippen LogP) is 1.24. The molecule has 1 aromatic rings. The number of rotatable bonds is 2. The smallest absolute Gasteiger partial charge is 0.345 e. The SMILES string of the molecule is CS(=O)(=O)N1CCN(c2ncc(C(F)(F)F)s2)CC1. The van der Waals surface area contributed by atoms with Gasteiger partial charge in [-0.3, -0.25) is 0 Å². The van der Waals surface area contributed by atoms with Crippen LogP contribution in [0.4, 0.5) is 18.3 Å². The van der Waals surface area contributed by atoms with Gasteiger partial charge in [-0.1, -0.05) is 11.3 Å². The van der Waals surface area contributed by atoms with Crippen LogP contribution in [0.25, 0.3) is 0 Å². The van der Waals surface area contributed by atoms with Crippen LogP contribution in [0, 0.1) is 0 Å². The zero-order valence-corrected chi connectivity index (χ0v) is 11.6. The van der Waals surface area contributed by atoms with Crippen LogP contribution in [0.15, 0.2) is 6.20 Å². The molecule has 2 rings (SSSR count). The summed E-state index contributed by atoms with van der Waals surface area (Å²) in [5.74, 6) is 0. The summed E-state index contributed by atoms with van der Waals surface area (Å²) < 4.78 is 61.3. The zero-order chi connectivity index (χ0) is 14.3. The highest BCUT2D eigenvalue weighted by Crippen LogP contribution is 2.36. The molecule has 5 nitrogen and oxygen atoms in total. The van der Waals surface area contributed by atoms with E-state index in [2.05, 4.69) is 4.98 Å². The maximum absolute atomic E-state index is 12.5. The Morgan fingerprint density at radius 3 is 2.26 bits per heavy atom. The Hall–Kier alpha value is -0.870. The van der Waals surface area contributed by atoms with E-state index in [0.717, 1.165) is 12.5 Å². The Morgan fingerprint density at radius 2 is 1.84 bits per heavy atom. The first-order valence-electron chi connectivity index (χ1n) is 5.41. The van der Waals surface area contributed by atoms with Gasteiger partial charge in [0.2, 0.25) is 10.0 Å². The van der Waals surface area contributed by atoms with Gasteiger partial charge < -0.3 is 4.90 Å². The molecular weight excluding hydrogens is 303 g/mol. The monoisotopic (exact) mass is 315 g/mol. The molecule has 0 amide bonds. The number of halogens is 3. The minimum Gasteiger partial charge on any atom is -0.345 e. The maximum atomic E-state index is 12.5. The lowest BCUT2D eigenvalue weighted by molar-refractivity contribution is -0.134. The fourth-order valence-corrected chi connectivity index (χ4v) is 3.41. The van der Waals surface area contributed by atoms with Gasteiger partial charge in [0.15, 0.2) is 5.13 Å². The highest BCUT2D eigenvalue weighted by molar-refractivity contribution is 7.88. The third-order valence-corrected chi connectivity index (χ3v) is 5.16. The van der Waals surface area contributed by atoms with Crippen molar-refractivity contribution >= 4 is 26.5 Å². The van der Waals surface area contributed by atoms with Gasteiger partial charge >= 0.3 is 6.18 Å². The third-order valence-electron chi connectivity index (χ3n) is 2.75. The number of hydrogen-bond acceptors (Lipinski definition) is 5. The highest BCUT2D eigenvalue weighted by atomic mass is 32.2. The molecule has 0 unspecified atom stereocenters. The van der Waals surface area contributed by atoms with Crippen LogP contribution < -0.4 is 4.90 Å². The number of piperazine rings is 1. The number of hydrogen-bond donors (Lipinski definition) is 0. The molecule has 1 aliphatic rings. The molecule has 1 aromatic heterocycles. The van der Waals surface area contributed by atoms with Crippen molar-refractivity contribution in [1.29, 1.82) is 0 Å². The lowest BCUT2D eigenvalue weighted by Gasteiger charge is -2.32. The molecule has 1 aliphatic heterocycles. The van der Waals surface area contributed by atoms with Crippen LogP contribution >= 0.6 is 11.3 Å². The van der Waals surface area contributed by atoms with E-state index in [1.165, 1.54) is 4.31 Å². The molecule has 0 aliphatic carbocycles. The van der Waals surface area contributed by atoms with Gasteiger partial charge in [-0.2, -0.15) is 17.5 Å². The highest BCUT2D eigenvalue weighted by Gasteiger charge is 2.34. The first-order valence-corrected chi connectivity index (χ1v) is 8.07. The third kappa shape index (κ3) is 3.37. The quantitative estimate of drug-likeness (QED) is 0.824. The largest absolute Gasteiger partial charge is 0.427 e. The van der Waals surface area contributed by atoms with Crippen LogP contribution in [0.5, 0.6) is 0 Å². The fourth-order valence-electron chi connectivity index (χ4n) is 1.75. The molecule has 19 heavy (non-hydrogen) atoms. The Kier molecular flexibility index (Phi) is 3.76. The van der Waals surface area contributed by atoms with Crippen molar-refractivity contribution in [2.45, 2.75) is 6.18 Å². The summed E-state index contributed by atoms with van der Waals surface area (Å²) in [6.45, 7) is 1.22. The molecule has 0 radical (unpaired) electrons. The minimum atomic E-state index is -4.38. The molecule has 0 saturated carbocycles. The second-order valence-electron chi connectivity index (χ2n) is 4.15. The van der Waals surface area contributed by atoms with Crippen molar-refractivity contribution in [3.8, 4) is 0 Å². The van der Waals surface area contributed by atoms with Crippen molar-refractivity contribution in [1.82, 2.24) is 9.29 Å². The molecule has 0 aromatic carbocycles. The summed E-state index contributed by atoms with van der Waals surface area (Å²) in [6.07, 6.45) is -2.46. The molecule has 0 bridgehead atoms. The average Bonchev–Trinajstić information content (AvgIpc) is 2.77. The molecule has 108 valence electrons. The molecule has 0 spiro atoms. The summed E-state index contributed by atoms with van der Waals surface area (Å²) in [6, 6.07) is 0. The molecule has 2 heterocycles. The van der Waals surface area contributed by atoms with Crippen LogP contribution in [-0.4, -0.2) is 50.1 Å². The predicted molar refractivity (Wildman–Crippen MR) is 65.7 cm³/mol. The van der Waals surface area contributed by atoms with E-state index < -0.39 is 21.1 Å². The van der Waals surface area contributed by atoms with E-state index in [-0.39, 0.29) is 18.2 Å². The topological polar surface area (TPSA) is 53.5 Å². The number of alkyl halides is 3. The number of aromatic nitrogens is 1. The number of sulfonamides is 1. The minimum absolute atomic E-state index is 0.264. The van der Waals surface area contributed by atoms with E-state index in [1.54, 1.807) is 4.90 Å². The van der Waals surface area contributed by atoms with Crippen molar-refractivity contribution in [3.05, 3.63) is 11.1 Å².